The van der Waals surface area contributed by atoms with E-state index in [1.807, 2.05) is 12.1 Å². The summed E-state index contributed by atoms with van der Waals surface area (Å²) in [5, 5.41) is 0.249. The molecule has 0 aliphatic carbocycles. The van der Waals surface area contributed by atoms with Crippen LogP contribution in [0.25, 0.3) is 0 Å². The van der Waals surface area contributed by atoms with Crippen molar-refractivity contribution in [3.63, 3.8) is 0 Å². The highest BCUT2D eigenvalue weighted by atomic mass is 79.9. The molecule has 1 aromatic rings. The first-order valence-corrected chi connectivity index (χ1v) is 7.22. The van der Waals surface area contributed by atoms with Crippen molar-refractivity contribution in [2.24, 2.45) is 5.92 Å². The predicted octanol–water partition coefficient (Wildman–Crippen LogP) is 5.04. The van der Waals surface area contributed by atoms with Gasteiger partial charge in [0.15, 0.2) is 0 Å². The molecule has 0 radical (unpaired) electrons. The van der Waals surface area contributed by atoms with Crippen LogP contribution in [-0.2, 0) is 6.42 Å². The van der Waals surface area contributed by atoms with Crippen molar-refractivity contribution in [2.75, 3.05) is 7.11 Å². The lowest BCUT2D eigenvalue weighted by Gasteiger charge is -2.13. The second kappa shape index (κ2) is 7.27. The van der Waals surface area contributed by atoms with Gasteiger partial charge in [0.05, 0.1) is 7.11 Å². The van der Waals surface area contributed by atoms with Gasteiger partial charge in [-0.15, -0.1) is 11.6 Å². The lowest BCUT2D eigenvalue weighted by Crippen LogP contribution is -2.05. The minimum Gasteiger partial charge on any atom is -0.496 e. The summed E-state index contributed by atoms with van der Waals surface area (Å²) < 4.78 is 6.44. The molecule has 1 atom stereocenters. The van der Waals surface area contributed by atoms with Gasteiger partial charge >= 0.3 is 0 Å². The molecule has 0 fully saturated rings. The van der Waals surface area contributed by atoms with E-state index in [0.717, 1.165) is 29.5 Å². The Labute approximate surface area is 118 Å². The molecule has 0 heterocycles. The van der Waals surface area contributed by atoms with Crippen molar-refractivity contribution in [2.45, 2.75) is 38.5 Å². The van der Waals surface area contributed by atoms with E-state index in [1.165, 1.54) is 5.56 Å². The highest BCUT2D eigenvalue weighted by Gasteiger charge is 2.10. The Balaban J connectivity index is 2.58. The number of alkyl halides is 1. The Morgan fingerprint density at radius 1 is 1.35 bits per heavy atom. The number of halogens is 2. The molecule has 0 bridgehead atoms. The number of hydrogen-bond acceptors (Lipinski definition) is 1. The highest BCUT2D eigenvalue weighted by Crippen LogP contribution is 2.26. The molecule has 1 nitrogen and oxygen atoms in total. The second-order valence-corrected chi connectivity index (χ2v) is 6.25. The average Bonchev–Trinajstić information content (AvgIpc) is 2.25. The lowest BCUT2D eigenvalue weighted by molar-refractivity contribution is 0.408. The summed E-state index contributed by atoms with van der Waals surface area (Å²) in [7, 11) is 1.71. The maximum atomic E-state index is 6.31. The van der Waals surface area contributed by atoms with Crippen LogP contribution in [0, 0.1) is 5.92 Å². The van der Waals surface area contributed by atoms with E-state index in [9.17, 15) is 0 Å². The molecule has 0 aliphatic rings. The number of aryl methyl sites for hydroxylation is 1. The van der Waals surface area contributed by atoms with Crippen LogP contribution in [0.1, 0.15) is 32.3 Å². The third-order valence-corrected chi connectivity index (χ3v) is 3.59. The monoisotopic (exact) mass is 318 g/mol. The van der Waals surface area contributed by atoms with Gasteiger partial charge in [-0.25, -0.2) is 0 Å². The van der Waals surface area contributed by atoms with Gasteiger partial charge in [0.25, 0.3) is 0 Å². The molecule has 3 heteroatoms. The summed E-state index contributed by atoms with van der Waals surface area (Å²) in [6.45, 7) is 4.41. The van der Waals surface area contributed by atoms with Crippen LogP contribution in [0.4, 0.5) is 0 Å². The minimum absolute atomic E-state index is 0.249. The third-order valence-electron chi connectivity index (χ3n) is 2.70. The third kappa shape index (κ3) is 5.31. The fourth-order valence-electron chi connectivity index (χ4n) is 1.88. The number of hydrogen-bond donors (Lipinski definition) is 0. The van der Waals surface area contributed by atoms with E-state index >= 15 is 0 Å². The van der Waals surface area contributed by atoms with Crippen molar-refractivity contribution < 1.29 is 4.74 Å². The molecule has 0 aromatic heterocycles. The maximum absolute atomic E-state index is 6.31. The number of ether oxygens (including phenoxy) is 1. The number of methoxy groups -OCH3 is 1. The molecule has 0 aliphatic heterocycles. The summed E-state index contributed by atoms with van der Waals surface area (Å²) in [5.74, 6) is 1.60. The summed E-state index contributed by atoms with van der Waals surface area (Å²) in [4.78, 5) is 0. The summed E-state index contributed by atoms with van der Waals surface area (Å²) in [6, 6.07) is 6.09. The summed E-state index contributed by atoms with van der Waals surface area (Å²) in [5.41, 5.74) is 1.22. The van der Waals surface area contributed by atoms with Gasteiger partial charge < -0.3 is 4.74 Å². The molecule has 0 amide bonds. The van der Waals surface area contributed by atoms with Crippen LogP contribution < -0.4 is 4.74 Å². The first-order chi connectivity index (χ1) is 8.02. The largest absolute Gasteiger partial charge is 0.496 e. The first-order valence-electron chi connectivity index (χ1n) is 5.99. The van der Waals surface area contributed by atoms with Crippen LogP contribution in [0.15, 0.2) is 22.7 Å². The van der Waals surface area contributed by atoms with Crippen molar-refractivity contribution in [3.8, 4) is 5.75 Å². The first kappa shape index (κ1) is 14.8. The quantitative estimate of drug-likeness (QED) is 0.667. The molecular weight excluding hydrogens is 300 g/mol. The maximum Gasteiger partial charge on any atom is 0.122 e. The highest BCUT2D eigenvalue weighted by molar-refractivity contribution is 9.10. The van der Waals surface area contributed by atoms with Crippen LogP contribution in [0.5, 0.6) is 5.75 Å². The Bertz CT molecular complexity index is 352. The van der Waals surface area contributed by atoms with E-state index in [2.05, 4.69) is 35.8 Å². The van der Waals surface area contributed by atoms with Crippen LogP contribution in [0.2, 0.25) is 0 Å². The van der Waals surface area contributed by atoms with Gasteiger partial charge in [0.1, 0.15) is 5.75 Å². The molecule has 0 spiro atoms. The Morgan fingerprint density at radius 3 is 2.65 bits per heavy atom. The molecule has 1 unspecified atom stereocenters. The van der Waals surface area contributed by atoms with Crippen molar-refractivity contribution >= 4 is 27.5 Å². The van der Waals surface area contributed by atoms with Crippen LogP contribution in [0.3, 0.4) is 0 Å². The summed E-state index contributed by atoms with van der Waals surface area (Å²) in [6.07, 6.45) is 3.02. The smallest absolute Gasteiger partial charge is 0.122 e. The van der Waals surface area contributed by atoms with E-state index in [-0.39, 0.29) is 5.38 Å². The van der Waals surface area contributed by atoms with Gasteiger partial charge in [-0.05, 0) is 48.9 Å². The molecule has 96 valence electrons. The standard InChI is InChI=1S/C14H20BrClO/c1-10(2)8-13(16)6-4-11-9-12(15)5-7-14(11)17-3/h5,7,9-10,13H,4,6,8H2,1-3H3. The predicted molar refractivity (Wildman–Crippen MR) is 78.1 cm³/mol. The van der Waals surface area contributed by atoms with E-state index < -0.39 is 0 Å². The Kier molecular flexibility index (Phi) is 6.35. The molecule has 0 N–H and O–H groups in total. The van der Waals surface area contributed by atoms with E-state index in [4.69, 9.17) is 16.3 Å². The fraction of sp³-hybridized carbons (Fsp3) is 0.571. The zero-order valence-electron chi connectivity index (χ0n) is 10.7. The van der Waals surface area contributed by atoms with Gasteiger partial charge in [0, 0.05) is 9.85 Å². The zero-order valence-corrected chi connectivity index (χ0v) is 13.0. The van der Waals surface area contributed by atoms with Crippen molar-refractivity contribution in [3.05, 3.63) is 28.2 Å². The van der Waals surface area contributed by atoms with Crippen LogP contribution >= 0.6 is 27.5 Å². The summed E-state index contributed by atoms with van der Waals surface area (Å²) >= 11 is 9.79. The zero-order chi connectivity index (χ0) is 12.8. The molecular formula is C14H20BrClO. The van der Waals surface area contributed by atoms with Gasteiger partial charge in [-0.2, -0.15) is 0 Å². The average molecular weight is 320 g/mol. The fourth-order valence-corrected chi connectivity index (χ4v) is 2.76. The van der Waals surface area contributed by atoms with Crippen molar-refractivity contribution in [1.82, 2.24) is 0 Å². The molecule has 1 aromatic carbocycles. The molecule has 0 saturated heterocycles. The minimum atomic E-state index is 0.249. The SMILES string of the molecule is COc1ccc(Br)cc1CCC(Cl)CC(C)C. The topological polar surface area (TPSA) is 9.23 Å². The van der Waals surface area contributed by atoms with Gasteiger partial charge in [-0.3, -0.25) is 0 Å². The number of benzene rings is 1. The van der Waals surface area contributed by atoms with Crippen molar-refractivity contribution in [1.29, 1.82) is 0 Å². The lowest BCUT2D eigenvalue weighted by atomic mass is 10.0. The molecule has 17 heavy (non-hydrogen) atoms. The normalized spacial score (nSPS) is 12.8. The van der Waals surface area contributed by atoms with E-state index in [0.29, 0.717) is 5.92 Å². The van der Waals surface area contributed by atoms with Crippen LogP contribution in [-0.4, -0.2) is 12.5 Å². The Morgan fingerprint density at radius 2 is 2.06 bits per heavy atom. The Hall–Kier alpha value is -0.210. The molecule has 1 rings (SSSR count). The molecule has 0 saturated carbocycles. The van der Waals surface area contributed by atoms with Gasteiger partial charge in [0.2, 0.25) is 0 Å². The second-order valence-electron chi connectivity index (χ2n) is 4.72. The number of rotatable bonds is 6. The van der Waals surface area contributed by atoms with E-state index in [1.54, 1.807) is 7.11 Å². The van der Waals surface area contributed by atoms with Gasteiger partial charge in [-0.1, -0.05) is 29.8 Å².